The minimum Gasteiger partial charge on any atom is -0.457 e. The van der Waals surface area contributed by atoms with E-state index in [0.29, 0.717) is 6.67 Å². The lowest BCUT2D eigenvalue weighted by Gasteiger charge is -2.31. The quantitative estimate of drug-likeness (QED) is 0.161. The third-order valence-corrected chi connectivity index (χ3v) is 12.7. The molecule has 5 heteroatoms. The number of ether oxygens (including phenoxy) is 1. The zero-order valence-electron chi connectivity index (χ0n) is 38.0. The Morgan fingerprint density at radius 1 is 0.467 bits per heavy atom. The highest BCUT2D eigenvalue weighted by Gasteiger charge is 2.31. The van der Waals surface area contributed by atoms with Gasteiger partial charge in [-0.2, -0.15) is 0 Å². The molecule has 60 heavy (non-hydrogen) atoms. The van der Waals surface area contributed by atoms with E-state index in [2.05, 4.69) is 226 Å². The van der Waals surface area contributed by atoms with E-state index in [4.69, 9.17) is 9.72 Å². The van der Waals surface area contributed by atoms with Crippen molar-refractivity contribution in [1.29, 1.82) is 0 Å². The molecule has 0 radical (unpaired) electrons. The van der Waals surface area contributed by atoms with Gasteiger partial charge in [0.1, 0.15) is 17.3 Å². The van der Waals surface area contributed by atoms with Crippen LogP contribution in [0.1, 0.15) is 118 Å². The van der Waals surface area contributed by atoms with Crippen molar-refractivity contribution in [2.75, 3.05) is 16.5 Å². The van der Waals surface area contributed by atoms with Crippen LogP contribution in [-0.2, 0) is 21.7 Å². The predicted octanol–water partition coefficient (Wildman–Crippen LogP) is 14.7. The summed E-state index contributed by atoms with van der Waals surface area (Å²) in [6, 6.07) is 44.2. The van der Waals surface area contributed by atoms with Gasteiger partial charge >= 0.3 is 0 Å². The van der Waals surface area contributed by atoms with Gasteiger partial charge in [0.15, 0.2) is 0 Å². The average Bonchev–Trinajstić information content (AvgIpc) is 3.69. The highest BCUT2D eigenvalue weighted by molar-refractivity contribution is 6.09. The molecule has 5 nitrogen and oxygen atoms in total. The molecule has 7 aromatic rings. The van der Waals surface area contributed by atoms with Crippen LogP contribution >= 0.6 is 0 Å². The van der Waals surface area contributed by atoms with Gasteiger partial charge < -0.3 is 14.5 Å². The van der Waals surface area contributed by atoms with E-state index in [9.17, 15) is 0 Å². The van der Waals surface area contributed by atoms with Gasteiger partial charge in [-0.05, 0) is 113 Å². The smallest absolute Gasteiger partial charge is 0.137 e. The first-order chi connectivity index (χ1) is 28.2. The average molecular weight is 795 g/mol. The Hall–Kier alpha value is -5.81. The zero-order valence-corrected chi connectivity index (χ0v) is 38.0. The third kappa shape index (κ3) is 7.59. The van der Waals surface area contributed by atoms with E-state index in [0.717, 1.165) is 34.0 Å². The fourth-order valence-corrected chi connectivity index (χ4v) is 8.51. The van der Waals surface area contributed by atoms with Gasteiger partial charge in [0.2, 0.25) is 0 Å². The molecule has 0 aliphatic carbocycles. The molecule has 0 unspecified atom stereocenters. The van der Waals surface area contributed by atoms with Crippen LogP contribution in [0.5, 0.6) is 11.5 Å². The van der Waals surface area contributed by atoms with Crippen molar-refractivity contribution in [2.24, 2.45) is 0 Å². The van der Waals surface area contributed by atoms with Crippen LogP contribution in [0.2, 0.25) is 0 Å². The Kier molecular flexibility index (Phi) is 10.0. The maximum absolute atomic E-state index is 7.01. The highest BCUT2D eigenvalue weighted by atomic mass is 16.5. The van der Waals surface area contributed by atoms with E-state index in [1.54, 1.807) is 0 Å². The van der Waals surface area contributed by atoms with Crippen molar-refractivity contribution in [1.82, 2.24) is 9.55 Å². The number of fused-ring (bicyclic) bond motifs is 3. The maximum atomic E-state index is 7.01. The summed E-state index contributed by atoms with van der Waals surface area (Å²) < 4.78 is 9.29. The minimum absolute atomic E-state index is 0.00867. The summed E-state index contributed by atoms with van der Waals surface area (Å²) in [5.41, 5.74) is 13.1. The van der Waals surface area contributed by atoms with Crippen molar-refractivity contribution in [3.05, 3.63) is 167 Å². The van der Waals surface area contributed by atoms with E-state index >= 15 is 0 Å². The molecule has 1 aliphatic heterocycles. The second kappa shape index (κ2) is 14.7. The van der Waals surface area contributed by atoms with E-state index in [1.165, 1.54) is 55.7 Å². The molecule has 0 N–H and O–H groups in total. The first-order valence-corrected chi connectivity index (χ1v) is 21.5. The molecule has 8 rings (SSSR count). The van der Waals surface area contributed by atoms with E-state index in [1.807, 2.05) is 6.20 Å². The number of allylic oxidation sites excluding steroid dienone is 2. The van der Waals surface area contributed by atoms with Gasteiger partial charge in [0.05, 0.1) is 17.7 Å². The lowest BCUT2D eigenvalue weighted by molar-refractivity contribution is 0.480. The summed E-state index contributed by atoms with van der Waals surface area (Å²) in [5, 5.41) is 2.36. The molecular weight excluding hydrogens is 733 g/mol. The second-order valence-electron chi connectivity index (χ2n) is 20.4. The molecule has 0 bridgehead atoms. The van der Waals surface area contributed by atoms with Gasteiger partial charge in [-0.25, -0.2) is 4.98 Å². The molecule has 308 valence electrons. The summed E-state index contributed by atoms with van der Waals surface area (Å²) in [6.45, 7) is 30.4. The van der Waals surface area contributed by atoms with Crippen LogP contribution in [0, 0.1) is 0 Å². The maximum Gasteiger partial charge on any atom is 0.137 e. The van der Waals surface area contributed by atoms with Gasteiger partial charge in [0.25, 0.3) is 0 Å². The van der Waals surface area contributed by atoms with Crippen molar-refractivity contribution in [3.63, 3.8) is 0 Å². The molecule has 0 atom stereocenters. The van der Waals surface area contributed by atoms with Gasteiger partial charge in [-0.15, -0.1) is 0 Å². The van der Waals surface area contributed by atoms with Gasteiger partial charge in [0, 0.05) is 57.3 Å². The summed E-state index contributed by atoms with van der Waals surface area (Å²) in [7, 11) is 0. The Bertz CT molecular complexity index is 2730. The Labute approximate surface area is 358 Å². The fraction of sp³-hybridized carbons (Fsp3) is 0.327. The first-order valence-electron chi connectivity index (χ1n) is 21.5. The summed E-state index contributed by atoms with van der Waals surface area (Å²) in [4.78, 5) is 9.84. The SMILES string of the molecule is CC1=C(C)N(c2cc(Oc3ccc4c5ccccc5n(-c5cc(C(C)(C)C)ccn5)c4c3)cc(C(C)(C)c3ccccc3)c2)CN1c1cc(C(C)(C)C)cc(C(C)(C)C)c1. The van der Waals surface area contributed by atoms with Crippen molar-refractivity contribution in [3.8, 4) is 17.3 Å². The summed E-state index contributed by atoms with van der Waals surface area (Å²) in [6.07, 6.45) is 1.93. The van der Waals surface area contributed by atoms with Crippen molar-refractivity contribution < 1.29 is 4.74 Å². The van der Waals surface area contributed by atoms with Crippen LogP contribution < -0.4 is 14.5 Å². The summed E-state index contributed by atoms with van der Waals surface area (Å²) >= 11 is 0. The number of rotatable bonds is 7. The van der Waals surface area contributed by atoms with Crippen LogP contribution in [0.3, 0.4) is 0 Å². The lowest BCUT2D eigenvalue weighted by atomic mass is 9.78. The predicted molar refractivity (Wildman–Crippen MR) is 254 cm³/mol. The minimum atomic E-state index is -0.287. The van der Waals surface area contributed by atoms with Crippen LogP contribution in [0.15, 0.2) is 139 Å². The number of anilines is 2. The zero-order chi connectivity index (χ0) is 42.9. The number of hydrogen-bond donors (Lipinski definition) is 0. The Balaban J connectivity index is 1.24. The van der Waals surface area contributed by atoms with Gasteiger partial charge in [-0.3, -0.25) is 4.57 Å². The lowest BCUT2D eigenvalue weighted by Crippen LogP contribution is -2.28. The topological polar surface area (TPSA) is 33.5 Å². The molecule has 2 aromatic heterocycles. The number of nitrogens with zero attached hydrogens (tertiary/aromatic N) is 4. The number of aromatic nitrogens is 2. The first kappa shape index (κ1) is 40.9. The van der Waals surface area contributed by atoms with E-state index in [-0.39, 0.29) is 21.7 Å². The molecule has 1 aliphatic rings. The Morgan fingerprint density at radius 2 is 1.03 bits per heavy atom. The second-order valence-corrected chi connectivity index (χ2v) is 20.4. The number of para-hydroxylation sites is 1. The van der Waals surface area contributed by atoms with Crippen LogP contribution in [0.25, 0.3) is 27.6 Å². The standard InChI is InChI=1S/C55H62N4O/c1-36-37(2)58(35-57(36)43-28-40(53(6,7)8)27-41(29-43)54(9,10)11)44-30-42(55(12,13)38-19-15-14-16-20-38)31-46(33-44)60-45-23-24-48-47-21-17-18-22-49(47)59(50(48)34-45)51-32-39(25-26-56-51)52(3,4)5/h14-34H,35H2,1-13H3. The number of pyridine rings is 1. The summed E-state index contributed by atoms with van der Waals surface area (Å²) in [5.74, 6) is 2.48. The molecule has 0 amide bonds. The molecular formula is C55H62N4O. The molecule has 3 heterocycles. The van der Waals surface area contributed by atoms with Crippen molar-refractivity contribution in [2.45, 2.75) is 112 Å². The molecule has 0 fully saturated rings. The fourth-order valence-electron chi connectivity index (χ4n) is 8.51. The molecule has 0 spiro atoms. The number of benzene rings is 5. The van der Waals surface area contributed by atoms with Gasteiger partial charge in [-0.1, -0.05) is 131 Å². The van der Waals surface area contributed by atoms with Crippen LogP contribution in [-0.4, -0.2) is 16.2 Å². The van der Waals surface area contributed by atoms with Crippen LogP contribution in [0.4, 0.5) is 11.4 Å². The Morgan fingerprint density at radius 3 is 1.67 bits per heavy atom. The highest BCUT2D eigenvalue weighted by Crippen LogP contribution is 2.43. The monoisotopic (exact) mass is 794 g/mol. The molecule has 0 saturated carbocycles. The molecule has 5 aromatic carbocycles. The van der Waals surface area contributed by atoms with Crippen molar-refractivity contribution >= 4 is 33.2 Å². The third-order valence-electron chi connectivity index (χ3n) is 12.7. The number of hydrogen-bond acceptors (Lipinski definition) is 4. The molecule has 0 saturated heterocycles. The van der Waals surface area contributed by atoms with E-state index < -0.39 is 0 Å². The normalized spacial score (nSPS) is 14.2. The largest absolute Gasteiger partial charge is 0.457 e.